The van der Waals surface area contributed by atoms with Gasteiger partial charge in [-0.3, -0.25) is 0 Å². The Morgan fingerprint density at radius 3 is 2.07 bits per heavy atom. The van der Waals surface area contributed by atoms with E-state index in [1.807, 2.05) is 18.2 Å². The molecule has 144 valence electrons. The second kappa shape index (κ2) is 14.8. The van der Waals surface area contributed by atoms with E-state index in [-0.39, 0.29) is 46.5 Å². The maximum Gasteiger partial charge on any atom is 2.00 e. The van der Waals surface area contributed by atoms with Gasteiger partial charge >= 0.3 is 21.7 Å². The summed E-state index contributed by atoms with van der Waals surface area (Å²) >= 11 is 0. The Morgan fingerprint density at radius 2 is 1.56 bits per heavy atom. The number of rotatable bonds is 4. The minimum absolute atomic E-state index is 0. The predicted octanol–water partition coefficient (Wildman–Crippen LogP) is -0.0902. The van der Waals surface area contributed by atoms with Crippen molar-refractivity contribution >= 4 is 11.3 Å². The Balaban J connectivity index is 0. The van der Waals surface area contributed by atoms with Crippen LogP contribution < -0.4 is 24.8 Å². The Morgan fingerprint density at radius 1 is 0.963 bits per heavy atom. The molecule has 2 aromatic carbocycles. The third-order valence-electron chi connectivity index (χ3n) is 3.89. The van der Waals surface area contributed by atoms with E-state index in [9.17, 15) is 0 Å². The van der Waals surface area contributed by atoms with Gasteiger partial charge in [-0.2, -0.15) is 18.1 Å². The van der Waals surface area contributed by atoms with Crippen LogP contribution in [0.5, 0.6) is 0 Å². The second-order valence-corrected chi connectivity index (χ2v) is 6.09. The number of likely N-dealkylation sites (N-methyl/N-ethyl adjacent to an activating group) is 1. The molecule has 0 amide bonds. The summed E-state index contributed by atoms with van der Waals surface area (Å²) in [6.45, 7) is 3.12. The van der Waals surface area contributed by atoms with Crippen LogP contribution in [-0.4, -0.2) is 25.5 Å². The quantitative estimate of drug-likeness (QED) is 0.486. The van der Waals surface area contributed by atoms with E-state index in [1.54, 1.807) is 12.1 Å². The molecule has 0 saturated heterocycles. The Labute approximate surface area is 191 Å². The van der Waals surface area contributed by atoms with Gasteiger partial charge in [0.1, 0.15) is 0 Å². The number of nitrogens with one attached hydrogen (secondary N) is 1. The van der Waals surface area contributed by atoms with E-state index in [4.69, 9.17) is 5.73 Å². The first-order valence-corrected chi connectivity index (χ1v) is 8.30. The summed E-state index contributed by atoms with van der Waals surface area (Å²) in [5.74, 6) is 0. The first kappa shape index (κ1) is 28.1. The van der Waals surface area contributed by atoms with Crippen LogP contribution in [-0.2, 0) is 21.7 Å². The van der Waals surface area contributed by atoms with Crippen molar-refractivity contribution in [2.45, 2.75) is 13.3 Å². The molecule has 0 saturated carbocycles. The SMILES string of the molecule is C[CH-]c1ccccc1C1=C(CN(C)C)C=CC1.[Cl-].[Cl-].[NH-]c1ccccc1.[Ti+2]. The van der Waals surface area contributed by atoms with Gasteiger partial charge in [0.05, 0.1) is 0 Å². The molecule has 0 atom stereocenters. The van der Waals surface area contributed by atoms with Crippen molar-refractivity contribution in [3.05, 3.63) is 95.6 Å². The van der Waals surface area contributed by atoms with Crippen LogP contribution in [0.25, 0.3) is 11.3 Å². The summed E-state index contributed by atoms with van der Waals surface area (Å²) in [5, 5.41) is 0. The van der Waals surface area contributed by atoms with Crippen LogP contribution in [0.3, 0.4) is 0 Å². The van der Waals surface area contributed by atoms with E-state index >= 15 is 0 Å². The van der Waals surface area contributed by atoms with Gasteiger partial charge in [-0.05, 0) is 26.1 Å². The van der Waals surface area contributed by atoms with Crippen LogP contribution in [0, 0.1) is 6.42 Å². The van der Waals surface area contributed by atoms with Crippen molar-refractivity contribution in [2.24, 2.45) is 0 Å². The minimum Gasteiger partial charge on any atom is -1.00 e. The fourth-order valence-electron chi connectivity index (χ4n) is 2.78. The Hall–Kier alpha value is -1.16. The van der Waals surface area contributed by atoms with Crippen molar-refractivity contribution in [1.82, 2.24) is 4.90 Å². The summed E-state index contributed by atoms with van der Waals surface area (Å²) in [5.41, 5.74) is 13.2. The van der Waals surface area contributed by atoms with Crippen LogP contribution in [0.1, 0.15) is 24.5 Å². The molecule has 27 heavy (non-hydrogen) atoms. The number of allylic oxidation sites excluding steroid dienone is 2. The van der Waals surface area contributed by atoms with Gasteiger partial charge in [0.25, 0.3) is 0 Å². The van der Waals surface area contributed by atoms with Gasteiger partial charge in [0.2, 0.25) is 0 Å². The van der Waals surface area contributed by atoms with Gasteiger partial charge in [0.15, 0.2) is 0 Å². The number of hydrogen-bond donors (Lipinski definition) is 0. The van der Waals surface area contributed by atoms with Crippen LogP contribution in [0.4, 0.5) is 5.69 Å². The number of hydrogen-bond acceptors (Lipinski definition) is 1. The van der Waals surface area contributed by atoms with Gasteiger partial charge in [-0.15, -0.1) is 23.4 Å². The zero-order chi connectivity index (χ0) is 17.4. The number of halogens is 2. The van der Waals surface area contributed by atoms with Crippen molar-refractivity contribution < 1.29 is 46.5 Å². The summed E-state index contributed by atoms with van der Waals surface area (Å²) in [4.78, 5) is 2.23. The standard InChI is InChI=1S/C16H20N.C6H6N.2ClH.Ti/c1-4-13-8-5-6-10-15(13)16-11-7-9-14(16)12-17(2)3;7-6-4-2-1-3-5-6;;;/h4-10H,11-12H2,1-3H3;1-5,7H;2*1H;/q2*-1;;;+2/p-2. The average Bonchev–Trinajstić information content (AvgIpc) is 3.03. The Kier molecular flexibility index (Phi) is 15.4. The summed E-state index contributed by atoms with van der Waals surface area (Å²) in [6.07, 6.45) is 7.78. The molecule has 0 unspecified atom stereocenters. The third kappa shape index (κ3) is 9.05. The molecule has 0 spiro atoms. The molecule has 1 N–H and O–H groups in total. The van der Waals surface area contributed by atoms with E-state index in [0.717, 1.165) is 13.0 Å². The largest absolute Gasteiger partial charge is 2.00 e. The van der Waals surface area contributed by atoms with E-state index in [0.29, 0.717) is 5.69 Å². The van der Waals surface area contributed by atoms with Crippen molar-refractivity contribution in [3.8, 4) is 0 Å². The average molecular weight is 437 g/mol. The second-order valence-electron chi connectivity index (χ2n) is 6.09. The molecule has 0 aromatic heterocycles. The van der Waals surface area contributed by atoms with Crippen molar-refractivity contribution in [2.75, 3.05) is 20.6 Å². The molecule has 1 aliphatic rings. The molecule has 1 aliphatic carbocycles. The summed E-state index contributed by atoms with van der Waals surface area (Å²) in [7, 11) is 4.24. The molecule has 0 aliphatic heterocycles. The molecule has 2 nitrogen and oxygen atoms in total. The minimum atomic E-state index is 0. The van der Waals surface area contributed by atoms with Crippen molar-refractivity contribution in [1.29, 1.82) is 0 Å². The zero-order valence-corrected chi connectivity index (χ0v) is 19.1. The summed E-state index contributed by atoms with van der Waals surface area (Å²) < 4.78 is 0. The fourth-order valence-corrected chi connectivity index (χ4v) is 2.78. The van der Waals surface area contributed by atoms with Gasteiger partial charge in [0, 0.05) is 6.54 Å². The predicted molar refractivity (Wildman–Crippen MR) is 105 cm³/mol. The van der Waals surface area contributed by atoms with Crippen LogP contribution >= 0.6 is 0 Å². The van der Waals surface area contributed by atoms with E-state index in [2.05, 4.69) is 68.8 Å². The van der Waals surface area contributed by atoms with E-state index in [1.165, 1.54) is 22.3 Å². The maximum atomic E-state index is 7.00. The molecule has 5 heteroatoms. The fraction of sp³-hybridized carbons (Fsp3) is 0.227. The topological polar surface area (TPSA) is 27.0 Å². The van der Waals surface area contributed by atoms with Crippen molar-refractivity contribution in [3.63, 3.8) is 0 Å². The monoisotopic (exact) mass is 436 g/mol. The molecule has 2 aromatic rings. The van der Waals surface area contributed by atoms with Gasteiger partial charge in [-0.1, -0.05) is 61.0 Å². The number of benzene rings is 2. The number of nitrogens with zero attached hydrogens (tertiary/aromatic N) is 1. The first-order chi connectivity index (χ1) is 11.6. The van der Waals surface area contributed by atoms with Gasteiger partial charge < -0.3 is 35.4 Å². The third-order valence-corrected chi connectivity index (χ3v) is 3.89. The smallest absolute Gasteiger partial charge is 1.00 e. The molecular formula is C22H26Cl2N2Ti-2. The molecule has 0 heterocycles. The first-order valence-electron chi connectivity index (χ1n) is 8.30. The maximum absolute atomic E-state index is 7.00. The zero-order valence-electron chi connectivity index (χ0n) is 16.0. The molecule has 3 rings (SSSR count). The molecular weight excluding hydrogens is 411 g/mol. The molecule has 0 bridgehead atoms. The van der Waals surface area contributed by atoms with Crippen LogP contribution in [0.15, 0.2) is 72.3 Å². The van der Waals surface area contributed by atoms with Crippen LogP contribution in [0.2, 0.25) is 0 Å². The Bertz CT molecular complexity index is 713. The van der Waals surface area contributed by atoms with E-state index < -0.39 is 0 Å². The van der Waals surface area contributed by atoms with Gasteiger partial charge in [-0.25, -0.2) is 0 Å². The summed E-state index contributed by atoms with van der Waals surface area (Å²) in [6, 6.07) is 17.7. The molecule has 0 fully saturated rings. The normalized spacial score (nSPS) is 11.6. The molecule has 0 radical (unpaired) electrons.